The molecule has 1 N–H and O–H groups in total. The predicted octanol–water partition coefficient (Wildman–Crippen LogP) is 0.618. The molecule has 4 aliphatic heterocycles. The van der Waals surface area contributed by atoms with Gasteiger partial charge in [0.1, 0.15) is 13.2 Å². The van der Waals surface area contributed by atoms with Crippen LogP contribution in [-0.4, -0.2) is 62.4 Å². The van der Waals surface area contributed by atoms with E-state index in [9.17, 15) is 13.5 Å². The zero-order chi connectivity index (χ0) is 17.2. The van der Waals surface area contributed by atoms with Crippen molar-refractivity contribution in [2.45, 2.75) is 29.4 Å². The molecule has 1 aromatic carbocycles. The highest BCUT2D eigenvalue weighted by atomic mass is 32.2. The van der Waals surface area contributed by atoms with Crippen LogP contribution in [0.25, 0.3) is 0 Å². The number of nitrogens with zero attached hydrogens (tertiary/aromatic N) is 1. The van der Waals surface area contributed by atoms with Gasteiger partial charge in [-0.15, -0.1) is 0 Å². The Morgan fingerprint density at radius 1 is 1.24 bits per heavy atom. The maximum atomic E-state index is 13.1. The van der Waals surface area contributed by atoms with E-state index in [2.05, 4.69) is 0 Å². The topological polar surface area (TPSA) is 85.3 Å². The van der Waals surface area contributed by atoms with Crippen LogP contribution in [0.1, 0.15) is 12.8 Å². The lowest BCUT2D eigenvalue weighted by molar-refractivity contribution is 0.00644. The number of rotatable bonds is 3. The van der Waals surface area contributed by atoms with Crippen molar-refractivity contribution in [2.75, 3.05) is 32.9 Å². The summed E-state index contributed by atoms with van der Waals surface area (Å²) in [6.45, 7) is 1.70. The first-order valence-corrected chi connectivity index (χ1v) is 10.2. The highest BCUT2D eigenvalue weighted by Gasteiger charge is 2.64. The molecular weight excluding hydrogens is 346 g/mol. The van der Waals surface area contributed by atoms with E-state index in [1.807, 2.05) is 0 Å². The van der Waals surface area contributed by atoms with E-state index in [1.54, 1.807) is 12.1 Å². The van der Waals surface area contributed by atoms with Gasteiger partial charge < -0.3 is 19.3 Å². The fourth-order valence-electron chi connectivity index (χ4n) is 4.91. The maximum absolute atomic E-state index is 13.1. The average Bonchev–Trinajstić information content (AvgIpc) is 3.29. The molecule has 4 aliphatic rings. The first-order valence-electron chi connectivity index (χ1n) is 8.72. The molecule has 0 unspecified atom stereocenters. The Balaban J connectivity index is 1.46. The second kappa shape index (κ2) is 5.33. The molecule has 1 spiro atoms. The Bertz CT molecular complexity index is 811. The second-order valence-electron chi connectivity index (χ2n) is 7.32. The lowest BCUT2D eigenvalue weighted by Gasteiger charge is -2.27. The van der Waals surface area contributed by atoms with E-state index in [1.165, 1.54) is 10.4 Å². The Morgan fingerprint density at radius 3 is 2.84 bits per heavy atom. The Labute approximate surface area is 146 Å². The van der Waals surface area contributed by atoms with Crippen LogP contribution in [0, 0.1) is 11.8 Å². The van der Waals surface area contributed by atoms with Crippen LogP contribution in [0.5, 0.6) is 11.5 Å². The third-order valence-corrected chi connectivity index (χ3v) is 7.92. The summed E-state index contributed by atoms with van der Waals surface area (Å²) in [5.74, 6) is 1.15. The van der Waals surface area contributed by atoms with E-state index in [-0.39, 0.29) is 29.4 Å². The van der Waals surface area contributed by atoms with Crippen molar-refractivity contribution >= 4 is 10.0 Å². The molecule has 0 radical (unpaired) electrons. The third kappa shape index (κ3) is 2.17. The molecule has 1 aromatic rings. The molecule has 4 heterocycles. The van der Waals surface area contributed by atoms with Crippen LogP contribution in [0.15, 0.2) is 23.1 Å². The van der Waals surface area contributed by atoms with Crippen molar-refractivity contribution in [1.82, 2.24) is 4.31 Å². The number of fused-ring (bicyclic) bond motifs is 2. The van der Waals surface area contributed by atoms with Crippen molar-refractivity contribution in [1.29, 1.82) is 0 Å². The minimum Gasteiger partial charge on any atom is -0.486 e. The smallest absolute Gasteiger partial charge is 0.243 e. The summed E-state index contributed by atoms with van der Waals surface area (Å²) in [5.41, 5.74) is -0.418. The molecule has 0 amide bonds. The quantitative estimate of drug-likeness (QED) is 0.843. The van der Waals surface area contributed by atoms with E-state index in [4.69, 9.17) is 14.2 Å². The second-order valence-corrected chi connectivity index (χ2v) is 9.25. The predicted molar refractivity (Wildman–Crippen MR) is 87.1 cm³/mol. The van der Waals surface area contributed by atoms with Gasteiger partial charge in [-0.3, -0.25) is 0 Å². The number of aliphatic hydroxyl groups is 1. The van der Waals surface area contributed by atoms with Gasteiger partial charge in [0.05, 0.1) is 16.6 Å². The van der Waals surface area contributed by atoms with Crippen LogP contribution in [0.3, 0.4) is 0 Å². The van der Waals surface area contributed by atoms with Gasteiger partial charge >= 0.3 is 0 Å². The number of hydrogen-bond donors (Lipinski definition) is 1. The normalized spacial score (nSPS) is 36.6. The lowest BCUT2D eigenvalue weighted by atomic mass is 9.74. The number of hydrogen-bond acceptors (Lipinski definition) is 6. The van der Waals surface area contributed by atoms with Crippen molar-refractivity contribution in [3.05, 3.63) is 18.2 Å². The molecular formula is C17H21NO6S. The first kappa shape index (κ1) is 15.9. The minimum atomic E-state index is -3.64. The summed E-state index contributed by atoms with van der Waals surface area (Å²) in [4.78, 5) is 0.211. The highest BCUT2D eigenvalue weighted by Crippen LogP contribution is 2.55. The Morgan fingerprint density at radius 2 is 2.04 bits per heavy atom. The number of benzene rings is 1. The summed E-state index contributed by atoms with van der Waals surface area (Å²) in [6.07, 6.45) is 1.85. The number of sulfonamides is 1. The van der Waals surface area contributed by atoms with E-state index in [0.29, 0.717) is 37.8 Å². The summed E-state index contributed by atoms with van der Waals surface area (Å²) >= 11 is 0. The molecule has 136 valence electrons. The molecule has 5 rings (SSSR count). The molecule has 2 bridgehead atoms. The third-order valence-electron chi connectivity index (χ3n) is 6.11. The van der Waals surface area contributed by atoms with Gasteiger partial charge in [0, 0.05) is 37.6 Å². The highest BCUT2D eigenvalue weighted by molar-refractivity contribution is 7.89. The molecule has 8 heteroatoms. The summed E-state index contributed by atoms with van der Waals surface area (Å²) < 4.78 is 44.9. The summed E-state index contributed by atoms with van der Waals surface area (Å²) in [6, 6.07) is 4.75. The first-order chi connectivity index (χ1) is 12.0. The zero-order valence-electron chi connectivity index (χ0n) is 13.8. The van der Waals surface area contributed by atoms with Gasteiger partial charge in [0.25, 0.3) is 0 Å². The van der Waals surface area contributed by atoms with Crippen LogP contribution in [0.4, 0.5) is 0 Å². The Hall–Kier alpha value is -1.35. The largest absolute Gasteiger partial charge is 0.486 e. The molecule has 3 fully saturated rings. The van der Waals surface area contributed by atoms with E-state index in [0.717, 1.165) is 12.8 Å². The van der Waals surface area contributed by atoms with Crippen molar-refractivity contribution in [3.8, 4) is 11.5 Å². The molecule has 0 saturated carbocycles. The van der Waals surface area contributed by atoms with Crippen molar-refractivity contribution in [2.24, 2.45) is 11.8 Å². The summed E-state index contributed by atoms with van der Waals surface area (Å²) in [7, 11) is -3.64. The average molecular weight is 367 g/mol. The standard InChI is InChI=1S/C17H21NO6S/c19-9-12-13-8-18(10-17(13)4-3-14(12)24-17)25(20,21)11-1-2-15-16(7-11)23-6-5-22-15/h1-2,7,12-14,19H,3-6,8-10H2/t12-,13+,14+,17+/m0/s1. The van der Waals surface area contributed by atoms with Crippen molar-refractivity contribution in [3.63, 3.8) is 0 Å². The summed E-state index contributed by atoms with van der Waals surface area (Å²) in [5, 5.41) is 9.69. The Kier molecular flexibility index (Phi) is 3.38. The minimum absolute atomic E-state index is 0.0363. The molecule has 4 atom stereocenters. The van der Waals surface area contributed by atoms with Crippen LogP contribution < -0.4 is 9.47 Å². The SMILES string of the molecule is O=S(=O)(c1ccc2c(c1)OCCO2)N1C[C@@H]2[C@H](CO)[C@H]3CC[C@]2(C1)O3. The van der Waals surface area contributed by atoms with E-state index >= 15 is 0 Å². The zero-order valence-corrected chi connectivity index (χ0v) is 14.6. The fraction of sp³-hybridized carbons (Fsp3) is 0.647. The maximum Gasteiger partial charge on any atom is 0.243 e. The molecule has 25 heavy (non-hydrogen) atoms. The molecule has 7 nitrogen and oxygen atoms in total. The molecule has 3 saturated heterocycles. The number of ether oxygens (including phenoxy) is 3. The van der Waals surface area contributed by atoms with Gasteiger partial charge in [-0.25, -0.2) is 8.42 Å². The monoisotopic (exact) mass is 367 g/mol. The van der Waals surface area contributed by atoms with Crippen LogP contribution >= 0.6 is 0 Å². The molecule has 0 aliphatic carbocycles. The van der Waals surface area contributed by atoms with Gasteiger partial charge in [0.15, 0.2) is 11.5 Å². The number of aliphatic hydroxyl groups excluding tert-OH is 1. The van der Waals surface area contributed by atoms with Crippen LogP contribution in [0.2, 0.25) is 0 Å². The van der Waals surface area contributed by atoms with Crippen molar-refractivity contribution < 1.29 is 27.7 Å². The fourth-order valence-corrected chi connectivity index (χ4v) is 6.45. The van der Waals surface area contributed by atoms with Gasteiger partial charge in [0.2, 0.25) is 10.0 Å². The van der Waals surface area contributed by atoms with Gasteiger partial charge in [-0.05, 0) is 25.0 Å². The molecule has 0 aromatic heterocycles. The van der Waals surface area contributed by atoms with E-state index < -0.39 is 15.6 Å². The van der Waals surface area contributed by atoms with Crippen LogP contribution in [-0.2, 0) is 14.8 Å². The van der Waals surface area contributed by atoms with Gasteiger partial charge in [-0.1, -0.05) is 0 Å². The van der Waals surface area contributed by atoms with Gasteiger partial charge in [-0.2, -0.15) is 4.31 Å². The lowest BCUT2D eigenvalue weighted by Crippen LogP contribution is -2.38.